The molecule has 0 heterocycles. The van der Waals surface area contributed by atoms with E-state index >= 15 is 0 Å². The molecule has 0 saturated carbocycles. The lowest BCUT2D eigenvalue weighted by Gasteiger charge is -2.02. The predicted octanol–water partition coefficient (Wildman–Crippen LogP) is 1.45. The third-order valence-electron chi connectivity index (χ3n) is 1.47. The standard InChI is InChI=1S/C8H4ClFO4/c9-3-1-4(7(12)8(13)14)6(11)5(10)2-3/h1-2,11H,(H,13,14). The zero-order chi connectivity index (χ0) is 10.9. The van der Waals surface area contributed by atoms with Crippen LogP contribution in [0.2, 0.25) is 5.02 Å². The Morgan fingerprint density at radius 1 is 1.36 bits per heavy atom. The van der Waals surface area contributed by atoms with Gasteiger partial charge in [-0.2, -0.15) is 0 Å². The Labute approximate surface area is 82.5 Å². The molecule has 6 heteroatoms. The maximum absolute atomic E-state index is 12.8. The predicted molar refractivity (Wildman–Crippen MR) is 45.0 cm³/mol. The van der Waals surface area contributed by atoms with E-state index in [4.69, 9.17) is 21.8 Å². The summed E-state index contributed by atoms with van der Waals surface area (Å²) in [7, 11) is 0. The number of carboxylic acid groups (broad SMARTS) is 1. The number of hydrogen-bond donors (Lipinski definition) is 2. The topological polar surface area (TPSA) is 74.6 Å². The molecule has 0 amide bonds. The number of phenols is 1. The van der Waals surface area contributed by atoms with E-state index < -0.39 is 28.9 Å². The fraction of sp³-hybridized carbons (Fsp3) is 0. The first-order chi connectivity index (χ1) is 6.43. The van der Waals surface area contributed by atoms with Crippen LogP contribution in [0, 0.1) is 5.82 Å². The van der Waals surface area contributed by atoms with E-state index in [-0.39, 0.29) is 5.02 Å². The number of halogens is 2. The van der Waals surface area contributed by atoms with Crippen LogP contribution in [-0.4, -0.2) is 22.0 Å². The van der Waals surface area contributed by atoms with E-state index in [2.05, 4.69) is 0 Å². The van der Waals surface area contributed by atoms with E-state index in [1.165, 1.54) is 0 Å². The van der Waals surface area contributed by atoms with Crippen LogP contribution in [-0.2, 0) is 4.79 Å². The number of Topliss-reactive ketones (excluding diaryl/α,β-unsaturated/α-hetero) is 1. The number of carboxylic acids is 1. The van der Waals surface area contributed by atoms with Crippen LogP contribution in [0.15, 0.2) is 12.1 Å². The van der Waals surface area contributed by atoms with Crippen molar-refractivity contribution in [2.24, 2.45) is 0 Å². The van der Waals surface area contributed by atoms with Gasteiger partial charge in [-0.3, -0.25) is 4.79 Å². The molecule has 0 aliphatic rings. The Bertz CT molecular complexity index is 416. The molecule has 2 N–H and O–H groups in total. The number of hydrogen-bond acceptors (Lipinski definition) is 3. The van der Waals surface area contributed by atoms with Gasteiger partial charge in [-0.15, -0.1) is 0 Å². The molecule has 0 unspecified atom stereocenters. The lowest BCUT2D eigenvalue weighted by Crippen LogP contribution is -2.13. The summed E-state index contributed by atoms with van der Waals surface area (Å²) >= 11 is 5.37. The minimum atomic E-state index is -1.79. The van der Waals surface area contributed by atoms with E-state index in [1.807, 2.05) is 0 Å². The summed E-state index contributed by atoms with van der Waals surface area (Å²) in [5, 5.41) is 17.2. The number of carbonyl (C=O) groups is 2. The Kier molecular flexibility index (Phi) is 2.71. The van der Waals surface area contributed by atoms with Gasteiger partial charge in [-0.05, 0) is 12.1 Å². The van der Waals surface area contributed by atoms with Crippen molar-refractivity contribution in [1.82, 2.24) is 0 Å². The summed E-state index contributed by atoms with van der Waals surface area (Å²) in [5.41, 5.74) is -0.664. The highest BCUT2D eigenvalue weighted by molar-refractivity contribution is 6.41. The molecule has 14 heavy (non-hydrogen) atoms. The lowest BCUT2D eigenvalue weighted by atomic mass is 10.1. The summed E-state index contributed by atoms with van der Waals surface area (Å²) < 4.78 is 12.8. The minimum absolute atomic E-state index is 0.162. The normalized spacial score (nSPS) is 9.86. The fourth-order valence-electron chi connectivity index (χ4n) is 0.854. The van der Waals surface area contributed by atoms with E-state index in [9.17, 15) is 14.0 Å². The number of rotatable bonds is 2. The Morgan fingerprint density at radius 3 is 2.43 bits per heavy atom. The summed E-state index contributed by atoms with van der Waals surface area (Å²) in [6, 6.07) is 1.66. The highest BCUT2D eigenvalue weighted by atomic mass is 35.5. The molecular weight excluding hydrogens is 215 g/mol. The van der Waals surface area contributed by atoms with Gasteiger partial charge >= 0.3 is 5.97 Å². The summed E-state index contributed by atoms with van der Waals surface area (Å²) in [5.74, 6) is -5.35. The molecule has 74 valence electrons. The fourth-order valence-corrected chi connectivity index (χ4v) is 1.06. The summed E-state index contributed by atoms with van der Waals surface area (Å²) in [6.45, 7) is 0. The van der Waals surface area contributed by atoms with E-state index in [0.29, 0.717) is 0 Å². The number of aromatic hydroxyl groups is 1. The quantitative estimate of drug-likeness (QED) is 0.582. The highest BCUT2D eigenvalue weighted by Gasteiger charge is 2.21. The number of phenolic OH excluding ortho intramolecular Hbond substituents is 1. The van der Waals surface area contributed by atoms with Gasteiger partial charge < -0.3 is 10.2 Å². The van der Waals surface area contributed by atoms with Crippen molar-refractivity contribution in [3.05, 3.63) is 28.5 Å². The average molecular weight is 219 g/mol. The van der Waals surface area contributed by atoms with Gasteiger partial charge in [0.2, 0.25) is 0 Å². The zero-order valence-corrected chi connectivity index (χ0v) is 7.38. The minimum Gasteiger partial charge on any atom is -0.504 e. The van der Waals surface area contributed by atoms with Gasteiger partial charge in [-0.25, -0.2) is 9.18 Å². The Balaban J connectivity index is 3.34. The molecule has 0 fully saturated rings. The maximum atomic E-state index is 12.8. The Morgan fingerprint density at radius 2 is 1.93 bits per heavy atom. The molecule has 1 rings (SSSR count). The van der Waals surface area contributed by atoms with Gasteiger partial charge in [0.1, 0.15) is 0 Å². The molecule has 0 radical (unpaired) electrons. The largest absolute Gasteiger partial charge is 0.504 e. The molecule has 0 bridgehead atoms. The molecule has 4 nitrogen and oxygen atoms in total. The zero-order valence-electron chi connectivity index (χ0n) is 6.62. The molecule has 0 saturated heterocycles. The lowest BCUT2D eigenvalue weighted by molar-refractivity contribution is -0.131. The first-order valence-electron chi connectivity index (χ1n) is 3.39. The first-order valence-corrected chi connectivity index (χ1v) is 3.77. The number of aliphatic carboxylic acids is 1. The highest BCUT2D eigenvalue weighted by Crippen LogP contribution is 2.25. The van der Waals surface area contributed by atoms with Gasteiger partial charge in [-0.1, -0.05) is 11.6 Å². The smallest absolute Gasteiger partial charge is 0.377 e. The van der Waals surface area contributed by atoms with E-state index in [0.717, 1.165) is 12.1 Å². The van der Waals surface area contributed by atoms with Crippen molar-refractivity contribution in [2.45, 2.75) is 0 Å². The van der Waals surface area contributed by atoms with Crippen molar-refractivity contribution < 1.29 is 24.2 Å². The SMILES string of the molecule is O=C(O)C(=O)c1cc(Cl)cc(F)c1O. The van der Waals surface area contributed by atoms with E-state index in [1.54, 1.807) is 0 Å². The van der Waals surface area contributed by atoms with Crippen LogP contribution in [0.5, 0.6) is 5.75 Å². The number of ketones is 1. The van der Waals surface area contributed by atoms with Crippen molar-refractivity contribution in [1.29, 1.82) is 0 Å². The Hall–Kier alpha value is -1.62. The monoisotopic (exact) mass is 218 g/mol. The second-order valence-corrected chi connectivity index (χ2v) is 2.85. The molecule has 1 aromatic rings. The van der Waals surface area contributed by atoms with Crippen LogP contribution in [0.25, 0.3) is 0 Å². The summed E-state index contributed by atoms with van der Waals surface area (Å²) in [4.78, 5) is 21.1. The van der Waals surface area contributed by atoms with Crippen molar-refractivity contribution in [3.8, 4) is 5.75 Å². The van der Waals surface area contributed by atoms with Crippen LogP contribution < -0.4 is 0 Å². The van der Waals surface area contributed by atoms with Gasteiger partial charge in [0.15, 0.2) is 11.6 Å². The molecule has 0 aliphatic carbocycles. The summed E-state index contributed by atoms with van der Waals surface area (Å²) in [6.07, 6.45) is 0. The second-order valence-electron chi connectivity index (χ2n) is 2.42. The molecule has 0 spiro atoms. The van der Waals surface area contributed by atoms with Gasteiger partial charge in [0.25, 0.3) is 5.78 Å². The third-order valence-corrected chi connectivity index (χ3v) is 1.69. The van der Waals surface area contributed by atoms with Crippen molar-refractivity contribution >= 4 is 23.4 Å². The van der Waals surface area contributed by atoms with Crippen LogP contribution in [0.4, 0.5) is 4.39 Å². The average Bonchev–Trinajstić information content (AvgIpc) is 2.09. The second kappa shape index (κ2) is 3.63. The van der Waals surface area contributed by atoms with Crippen molar-refractivity contribution in [2.75, 3.05) is 0 Å². The number of benzene rings is 1. The molecule has 0 aliphatic heterocycles. The van der Waals surface area contributed by atoms with Gasteiger partial charge in [0.05, 0.1) is 5.56 Å². The maximum Gasteiger partial charge on any atom is 0.377 e. The number of carbonyl (C=O) groups excluding carboxylic acids is 1. The molecular formula is C8H4ClFO4. The van der Waals surface area contributed by atoms with Crippen LogP contribution in [0.1, 0.15) is 10.4 Å². The molecule has 0 aromatic heterocycles. The van der Waals surface area contributed by atoms with Crippen LogP contribution in [0.3, 0.4) is 0 Å². The molecule has 1 aromatic carbocycles. The molecule has 0 atom stereocenters. The first kappa shape index (κ1) is 10.5. The van der Waals surface area contributed by atoms with Crippen LogP contribution >= 0.6 is 11.6 Å². The third kappa shape index (κ3) is 1.82. The van der Waals surface area contributed by atoms with Crippen molar-refractivity contribution in [3.63, 3.8) is 0 Å². The van der Waals surface area contributed by atoms with Gasteiger partial charge in [0, 0.05) is 5.02 Å².